The molecule has 0 fully saturated rings. The second-order valence-electron chi connectivity index (χ2n) is 7.63. The van der Waals surface area contributed by atoms with Crippen LogP contribution < -0.4 is 14.8 Å². The number of carbonyl (C=O) groups excluding carboxylic acids is 2. The van der Waals surface area contributed by atoms with Crippen LogP contribution in [0, 0.1) is 5.92 Å². The molecule has 1 N–H and O–H groups in total. The minimum absolute atomic E-state index is 0.0186. The van der Waals surface area contributed by atoms with Crippen LogP contribution in [0.2, 0.25) is 0 Å². The van der Waals surface area contributed by atoms with Crippen molar-refractivity contribution in [2.45, 2.75) is 33.1 Å². The lowest BCUT2D eigenvalue weighted by molar-refractivity contribution is -0.116. The van der Waals surface area contributed by atoms with Gasteiger partial charge in [-0.2, -0.15) is 0 Å². The largest absolute Gasteiger partial charge is 0.486 e. The van der Waals surface area contributed by atoms with Crippen molar-refractivity contribution in [1.82, 2.24) is 4.90 Å². The van der Waals surface area contributed by atoms with E-state index in [1.807, 2.05) is 12.3 Å². The first-order valence-electron chi connectivity index (χ1n) is 10.1. The summed E-state index contributed by atoms with van der Waals surface area (Å²) in [7, 11) is 0. The number of anilines is 1. The number of fused-ring (bicyclic) bond motifs is 2. The smallest absolute Gasteiger partial charge is 0.255 e. The quantitative estimate of drug-likeness (QED) is 0.809. The summed E-state index contributed by atoms with van der Waals surface area (Å²) in [6.45, 7) is 5.67. The molecule has 2 aliphatic rings. The number of likely N-dealkylation sites (N-methyl/N-ethyl adjacent to an activating group) is 1. The maximum atomic E-state index is 13.1. The van der Waals surface area contributed by atoms with E-state index in [0.29, 0.717) is 42.9 Å². The van der Waals surface area contributed by atoms with Crippen LogP contribution in [0.25, 0.3) is 0 Å². The van der Waals surface area contributed by atoms with Gasteiger partial charge in [0.1, 0.15) is 19.8 Å². The third kappa shape index (κ3) is 4.24. The van der Waals surface area contributed by atoms with Gasteiger partial charge in [-0.05, 0) is 49.8 Å². The second kappa shape index (κ2) is 8.45. The van der Waals surface area contributed by atoms with Gasteiger partial charge in [-0.15, -0.1) is 11.3 Å². The van der Waals surface area contributed by atoms with Crippen LogP contribution >= 0.6 is 11.3 Å². The first kappa shape index (κ1) is 19.8. The molecule has 1 aromatic carbocycles. The number of ether oxygens (including phenoxy) is 2. The number of rotatable bonds is 5. The minimum Gasteiger partial charge on any atom is -0.486 e. The van der Waals surface area contributed by atoms with Gasteiger partial charge < -0.3 is 19.7 Å². The summed E-state index contributed by atoms with van der Waals surface area (Å²) in [5.74, 6) is 1.68. The monoisotopic (exact) mass is 414 g/mol. The van der Waals surface area contributed by atoms with Crippen molar-refractivity contribution in [3.05, 3.63) is 39.6 Å². The zero-order valence-electron chi connectivity index (χ0n) is 16.8. The molecule has 0 saturated carbocycles. The Labute approximate surface area is 174 Å². The van der Waals surface area contributed by atoms with Crippen LogP contribution in [0.15, 0.2) is 23.6 Å². The highest BCUT2D eigenvalue weighted by atomic mass is 32.1. The molecule has 0 saturated heterocycles. The number of hydrogen-bond donors (Lipinski definition) is 1. The van der Waals surface area contributed by atoms with Crippen molar-refractivity contribution in [2.24, 2.45) is 5.92 Å². The van der Waals surface area contributed by atoms with Crippen molar-refractivity contribution >= 4 is 28.8 Å². The predicted molar refractivity (Wildman–Crippen MR) is 113 cm³/mol. The summed E-state index contributed by atoms with van der Waals surface area (Å²) in [6, 6.07) is 5.31. The number of amides is 2. The van der Waals surface area contributed by atoms with Crippen LogP contribution in [-0.2, 0) is 17.6 Å². The fourth-order valence-corrected chi connectivity index (χ4v) is 5.09. The molecule has 1 aliphatic carbocycles. The van der Waals surface area contributed by atoms with E-state index in [4.69, 9.17) is 9.47 Å². The maximum Gasteiger partial charge on any atom is 0.255 e. The lowest BCUT2D eigenvalue weighted by Gasteiger charge is -2.23. The lowest BCUT2D eigenvalue weighted by Crippen LogP contribution is -2.38. The van der Waals surface area contributed by atoms with E-state index in [2.05, 4.69) is 12.2 Å². The van der Waals surface area contributed by atoms with E-state index >= 15 is 0 Å². The third-order valence-corrected chi connectivity index (χ3v) is 6.51. The third-order valence-electron chi connectivity index (χ3n) is 5.46. The molecule has 0 bridgehead atoms. The Bertz CT molecular complexity index is 924. The molecule has 0 spiro atoms. The fourth-order valence-electron chi connectivity index (χ4n) is 3.85. The van der Waals surface area contributed by atoms with E-state index in [0.717, 1.165) is 24.8 Å². The minimum atomic E-state index is -0.227. The Morgan fingerprint density at radius 1 is 1.24 bits per heavy atom. The van der Waals surface area contributed by atoms with Gasteiger partial charge in [0.2, 0.25) is 5.91 Å². The second-order valence-corrected chi connectivity index (χ2v) is 8.59. The number of nitrogens with one attached hydrogen (secondary N) is 1. The summed E-state index contributed by atoms with van der Waals surface area (Å²) in [5.41, 5.74) is 2.58. The SMILES string of the molecule is CCN(CC(=O)Nc1ccc2c(c1)OCCO2)C(=O)c1csc2c1CCC(C)C2. The standard InChI is InChI=1S/C22H26N2O4S/c1-3-24(22(26)17-13-29-20-10-14(2)4-6-16(17)20)12-21(25)23-15-5-7-18-19(11-15)28-9-8-27-18/h5,7,11,13-14H,3-4,6,8-10,12H2,1-2H3,(H,23,25). The van der Waals surface area contributed by atoms with Gasteiger partial charge >= 0.3 is 0 Å². The van der Waals surface area contributed by atoms with E-state index in [-0.39, 0.29) is 18.4 Å². The van der Waals surface area contributed by atoms with Gasteiger partial charge in [-0.1, -0.05) is 6.92 Å². The summed E-state index contributed by atoms with van der Waals surface area (Å²) in [6.07, 6.45) is 3.10. The number of nitrogens with zero attached hydrogens (tertiary/aromatic N) is 1. The summed E-state index contributed by atoms with van der Waals surface area (Å²) in [4.78, 5) is 28.6. The van der Waals surface area contributed by atoms with E-state index < -0.39 is 0 Å². The van der Waals surface area contributed by atoms with Gasteiger partial charge in [-0.3, -0.25) is 9.59 Å². The molecule has 4 rings (SSSR count). The highest BCUT2D eigenvalue weighted by molar-refractivity contribution is 7.10. The summed E-state index contributed by atoms with van der Waals surface area (Å²) < 4.78 is 11.1. The van der Waals surface area contributed by atoms with E-state index in [9.17, 15) is 9.59 Å². The number of carbonyl (C=O) groups is 2. The van der Waals surface area contributed by atoms with Gasteiger partial charge in [0.05, 0.1) is 5.56 Å². The normalized spacial score (nSPS) is 17.4. The van der Waals surface area contributed by atoms with Crippen molar-refractivity contribution in [3.8, 4) is 11.5 Å². The molecule has 2 amide bonds. The first-order chi connectivity index (χ1) is 14.0. The van der Waals surface area contributed by atoms with Crippen molar-refractivity contribution in [3.63, 3.8) is 0 Å². The summed E-state index contributed by atoms with van der Waals surface area (Å²) >= 11 is 1.67. The van der Waals surface area contributed by atoms with Crippen LogP contribution in [0.5, 0.6) is 11.5 Å². The van der Waals surface area contributed by atoms with E-state index in [1.54, 1.807) is 34.4 Å². The van der Waals surface area contributed by atoms with Crippen LogP contribution in [-0.4, -0.2) is 43.0 Å². The topological polar surface area (TPSA) is 67.9 Å². The fraction of sp³-hybridized carbons (Fsp3) is 0.455. The Morgan fingerprint density at radius 2 is 2.03 bits per heavy atom. The van der Waals surface area contributed by atoms with Crippen molar-refractivity contribution in [1.29, 1.82) is 0 Å². The molecule has 6 nitrogen and oxygen atoms in total. The van der Waals surface area contributed by atoms with Crippen molar-refractivity contribution < 1.29 is 19.1 Å². The zero-order chi connectivity index (χ0) is 20.4. The van der Waals surface area contributed by atoms with Crippen molar-refractivity contribution in [2.75, 3.05) is 31.6 Å². The number of thiophene rings is 1. The molecule has 2 aromatic rings. The van der Waals surface area contributed by atoms with Crippen LogP contribution in [0.1, 0.15) is 41.1 Å². The highest BCUT2D eigenvalue weighted by Crippen LogP contribution is 2.34. The molecule has 1 unspecified atom stereocenters. The molecule has 154 valence electrons. The average Bonchev–Trinajstić information content (AvgIpc) is 3.14. The molecule has 29 heavy (non-hydrogen) atoms. The molecular formula is C22H26N2O4S. The number of benzene rings is 1. The summed E-state index contributed by atoms with van der Waals surface area (Å²) in [5, 5.41) is 4.82. The Balaban J connectivity index is 1.42. The Hall–Kier alpha value is -2.54. The van der Waals surface area contributed by atoms with Crippen LogP contribution in [0.4, 0.5) is 5.69 Å². The zero-order valence-corrected chi connectivity index (χ0v) is 17.6. The molecule has 2 heterocycles. The maximum absolute atomic E-state index is 13.1. The van der Waals surface area contributed by atoms with Gasteiger partial charge in [-0.25, -0.2) is 0 Å². The Kier molecular flexibility index (Phi) is 5.76. The molecular weight excluding hydrogens is 388 g/mol. The molecule has 7 heteroatoms. The van der Waals surface area contributed by atoms with Gasteiger partial charge in [0.15, 0.2) is 11.5 Å². The Morgan fingerprint density at radius 3 is 2.83 bits per heavy atom. The molecule has 0 radical (unpaired) electrons. The van der Waals surface area contributed by atoms with E-state index in [1.165, 1.54) is 10.4 Å². The van der Waals surface area contributed by atoms with Gasteiger partial charge in [0, 0.05) is 28.6 Å². The average molecular weight is 415 g/mol. The number of hydrogen-bond acceptors (Lipinski definition) is 5. The van der Waals surface area contributed by atoms with Gasteiger partial charge in [0.25, 0.3) is 5.91 Å². The highest BCUT2D eigenvalue weighted by Gasteiger charge is 2.26. The van der Waals surface area contributed by atoms with Crippen LogP contribution in [0.3, 0.4) is 0 Å². The molecule has 1 atom stereocenters. The predicted octanol–water partition coefficient (Wildman–Crippen LogP) is 3.74. The molecule has 1 aliphatic heterocycles. The first-order valence-corrected chi connectivity index (χ1v) is 11.0. The lowest BCUT2D eigenvalue weighted by atomic mass is 9.88. The molecule has 1 aromatic heterocycles.